The van der Waals surface area contributed by atoms with Crippen molar-refractivity contribution in [1.82, 2.24) is 19.5 Å². The fraction of sp³-hybridized carbons (Fsp3) is 0.267. The predicted octanol–water partition coefficient (Wildman–Crippen LogP) is 3.02. The highest BCUT2D eigenvalue weighted by Gasteiger charge is 2.18. The Bertz CT molecular complexity index is 850. The van der Waals surface area contributed by atoms with Gasteiger partial charge in [-0.15, -0.1) is 0 Å². The number of nitrogens with zero attached hydrogens (tertiary/aromatic N) is 4. The molecule has 1 N–H and O–H groups in total. The number of hydrogen-bond donors (Lipinski definition) is 1. The van der Waals surface area contributed by atoms with E-state index in [1.54, 1.807) is 6.20 Å². The van der Waals surface area contributed by atoms with Crippen LogP contribution in [0.15, 0.2) is 24.5 Å². The Hall–Kier alpha value is -2.32. The molecule has 120 valence electrons. The number of aryl methyl sites for hydroxylation is 2. The standard InChI is InChI=1S/C15H16N4O3S/c1-4-21-23-22-12-6-10(20)8-16-13(12)15-18-11-5-9(2)7-17-14(11)19(15)3/h5-8,20H,4H2,1-3H3. The zero-order valence-electron chi connectivity index (χ0n) is 13.0. The van der Waals surface area contributed by atoms with Crippen LogP contribution >= 0.6 is 12.3 Å². The summed E-state index contributed by atoms with van der Waals surface area (Å²) in [5.74, 6) is 0.984. The molecule has 0 aromatic carbocycles. The number of aromatic nitrogens is 4. The zero-order valence-corrected chi connectivity index (χ0v) is 13.8. The normalized spacial score (nSPS) is 11.1. The van der Waals surface area contributed by atoms with Gasteiger partial charge in [-0.25, -0.2) is 15.0 Å². The summed E-state index contributed by atoms with van der Waals surface area (Å²) in [5.41, 5.74) is 3.07. The second-order valence-electron chi connectivity index (χ2n) is 4.95. The Labute approximate surface area is 137 Å². The van der Waals surface area contributed by atoms with E-state index >= 15 is 0 Å². The molecule has 0 aliphatic rings. The van der Waals surface area contributed by atoms with Crippen molar-refractivity contribution < 1.29 is 13.5 Å². The summed E-state index contributed by atoms with van der Waals surface area (Å²) in [4.78, 5) is 13.2. The number of imidazole rings is 1. The van der Waals surface area contributed by atoms with E-state index in [1.165, 1.54) is 12.3 Å². The van der Waals surface area contributed by atoms with Crippen LogP contribution in [0, 0.1) is 6.92 Å². The van der Waals surface area contributed by atoms with E-state index in [-0.39, 0.29) is 5.75 Å². The molecule has 3 aromatic rings. The molecule has 0 fully saturated rings. The van der Waals surface area contributed by atoms with Crippen molar-refractivity contribution in [1.29, 1.82) is 0 Å². The molecule has 8 heteroatoms. The van der Waals surface area contributed by atoms with Crippen LogP contribution in [-0.4, -0.2) is 31.2 Å². The number of pyridine rings is 2. The lowest BCUT2D eigenvalue weighted by Gasteiger charge is -2.08. The maximum absolute atomic E-state index is 9.65. The summed E-state index contributed by atoms with van der Waals surface area (Å²) in [6.45, 7) is 4.33. The van der Waals surface area contributed by atoms with E-state index in [0.717, 1.165) is 29.1 Å². The minimum atomic E-state index is 0.00795. The molecule has 0 atom stereocenters. The highest BCUT2D eigenvalue weighted by atomic mass is 32.2. The van der Waals surface area contributed by atoms with Crippen LogP contribution in [0.25, 0.3) is 22.7 Å². The van der Waals surface area contributed by atoms with Gasteiger partial charge in [0.25, 0.3) is 0 Å². The average molecular weight is 332 g/mol. The van der Waals surface area contributed by atoms with Gasteiger partial charge in [0.1, 0.15) is 17.0 Å². The van der Waals surface area contributed by atoms with Gasteiger partial charge in [0.2, 0.25) is 12.3 Å². The van der Waals surface area contributed by atoms with Gasteiger partial charge in [0.05, 0.1) is 12.8 Å². The minimum absolute atomic E-state index is 0.00795. The van der Waals surface area contributed by atoms with E-state index in [1.807, 2.05) is 31.5 Å². The van der Waals surface area contributed by atoms with Gasteiger partial charge < -0.3 is 13.9 Å². The van der Waals surface area contributed by atoms with Crippen molar-refractivity contribution in [3.05, 3.63) is 30.1 Å². The van der Waals surface area contributed by atoms with Crippen LogP contribution in [-0.2, 0) is 11.2 Å². The van der Waals surface area contributed by atoms with Crippen molar-refractivity contribution in [3.63, 3.8) is 0 Å². The van der Waals surface area contributed by atoms with Crippen LogP contribution in [0.3, 0.4) is 0 Å². The van der Waals surface area contributed by atoms with Gasteiger partial charge in [-0.2, -0.15) is 0 Å². The molecule has 0 saturated carbocycles. The topological polar surface area (TPSA) is 82.3 Å². The van der Waals surface area contributed by atoms with E-state index in [2.05, 4.69) is 15.0 Å². The third-order valence-corrected chi connectivity index (χ3v) is 3.77. The molecule has 0 radical (unpaired) electrons. The molecule has 3 aromatic heterocycles. The summed E-state index contributed by atoms with van der Waals surface area (Å²) in [6, 6.07) is 3.44. The molecule has 23 heavy (non-hydrogen) atoms. The number of aromatic hydroxyl groups is 1. The Morgan fingerprint density at radius 3 is 2.87 bits per heavy atom. The first-order valence-corrected chi connectivity index (χ1v) is 7.71. The lowest BCUT2D eigenvalue weighted by Crippen LogP contribution is -1.98. The van der Waals surface area contributed by atoms with E-state index in [0.29, 0.717) is 23.9 Å². The van der Waals surface area contributed by atoms with Crippen LogP contribution in [0.5, 0.6) is 11.5 Å². The molecule has 7 nitrogen and oxygen atoms in total. The summed E-state index contributed by atoms with van der Waals surface area (Å²) in [5, 5.41) is 9.65. The second-order valence-corrected chi connectivity index (χ2v) is 5.49. The van der Waals surface area contributed by atoms with Crippen molar-refractivity contribution in [2.45, 2.75) is 13.8 Å². The SMILES string of the molecule is CCOSOc1cc(O)cnc1-c1nc2cc(C)cnc2n1C. The number of rotatable bonds is 5. The van der Waals surface area contributed by atoms with Gasteiger partial charge in [-0.05, 0) is 25.5 Å². The van der Waals surface area contributed by atoms with E-state index in [4.69, 9.17) is 8.37 Å². The maximum atomic E-state index is 9.65. The molecule has 0 spiro atoms. The Kier molecular flexibility index (Phi) is 4.35. The van der Waals surface area contributed by atoms with Gasteiger partial charge >= 0.3 is 0 Å². The third-order valence-electron chi connectivity index (χ3n) is 3.19. The lowest BCUT2D eigenvalue weighted by molar-refractivity contribution is 0.369. The van der Waals surface area contributed by atoms with Crippen LogP contribution in [0.2, 0.25) is 0 Å². The van der Waals surface area contributed by atoms with Crippen LogP contribution < -0.4 is 4.18 Å². The smallest absolute Gasteiger partial charge is 0.225 e. The first kappa shape index (κ1) is 15.6. The fourth-order valence-electron chi connectivity index (χ4n) is 2.16. The zero-order chi connectivity index (χ0) is 16.4. The molecular formula is C15H16N4O3S. The third kappa shape index (κ3) is 3.08. The van der Waals surface area contributed by atoms with Gasteiger partial charge in [0.15, 0.2) is 17.2 Å². The molecule has 0 aliphatic carbocycles. The van der Waals surface area contributed by atoms with Crippen molar-refractivity contribution in [2.24, 2.45) is 7.05 Å². The molecule has 0 bridgehead atoms. The quantitative estimate of drug-likeness (QED) is 0.568. The molecule has 0 aliphatic heterocycles. The molecule has 0 saturated heterocycles. The van der Waals surface area contributed by atoms with Gasteiger partial charge in [-0.1, -0.05) is 0 Å². The molecule has 3 heterocycles. The lowest BCUT2D eigenvalue weighted by atomic mass is 10.3. The van der Waals surface area contributed by atoms with Gasteiger partial charge in [0, 0.05) is 19.3 Å². The minimum Gasteiger partial charge on any atom is -0.506 e. The maximum Gasteiger partial charge on any atom is 0.225 e. The van der Waals surface area contributed by atoms with E-state index in [9.17, 15) is 5.11 Å². The van der Waals surface area contributed by atoms with Crippen molar-refractivity contribution in [2.75, 3.05) is 6.61 Å². The summed E-state index contributed by atoms with van der Waals surface area (Å²) in [7, 11) is 1.86. The summed E-state index contributed by atoms with van der Waals surface area (Å²) in [6.07, 6.45) is 3.14. The first-order valence-electron chi connectivity index (χ1n) is 7.04. The summed E-state index contributed by atoms with van der Waals surface area (Å²) >= 11 is 0.835. The number of hydrogen-bond acceptors (Lipinski definition) is 7. The molecule has 0 unspecified atom stereocenters. The van der Waals surface area contributed by atoms with E-state index < -0.39 is 0 Å². The molecular weight excluding hydrogens is 316 g/mol. The average Bonchev–Trinajstić information content (AvgIpc) is 2.84. The fourth-order valence-corrected chi connectivity index (χ4v) is 2.51. The van der Waals surface area contributed by atoms with Crippen molar-refractivity contribution in [3.8, 4) is 23.0 Å². The van der Waals surface area contributed by atoms with Gasteiger partial charge in [-0.3, -0.25) is 4.18 Å². The highest BCUT2D eigenvalue weighted by Crippen LogP contribution is 2.33. The molecule has 3 rings (SSSR count). The summed E-state index contributed by atoms with van der Waals surface area (Å²) < 4.78 is 12.4. The highest BCUT2D eigenvalue weighted by molar-refractivity contribution is 7.90. The van der Waals surface area contributed by atoms with Crippen molar-refractivity contribution >= 4 is 23.5 Å². The van der Waals surface area contributed by atoms with Crippen LogP contribution in [0.4, 0.5) is 0 Å². The Morgan fingerprint density at radius 1 is 1.26 bits per heavy atom. The Balaban J connectivity index is 2.09. The predicted molar refractivity (Wildman–Crippen MR) is 88.0 cm³/mol. The Morgan fingerprint density at radius 2 is 2.09 bits per heavy atom. The van der Waals surface area contributed by atoms with Crippen LogP contribution in [0.1, 0.15) is 12.5 Å². The number of fused-ring (bicyclic) bond motifs is 1. The largest absolute Gasteiger partial charge is 0.506 e. The monoisotopic (exact) mass is 332 g/mol. The first-order chi connectivity index (χ1) is 11.1. The second kappa shape index (κ2) is 6.43. The molecule has 0 amide bonds.